The second-order valence-corrected chi connectivity index (χ2v) is 4.85. The molecule has 0 amide bonds. The Bertz CT molecular complexity index is 511. The highest BCUT2D eigenvalue weighted by molar-refractivity contribution is 6.30. The molecule has 0 bridgehead atoms. The summed E-state index contributed by atoms with van der Waals surface area (Å²) in [7, 11) is 0. The molecule has 1 aromatic carbocycles. The van der Waals surface area contributed by atoms with Gasteiger partial charge in [-0.25, -0.2) is 0 Å². The molecule has 0 aliphatic rings. The first-order valence-electron chi connectivity index (χ1n) is 5.66. The second kappa shape index (κ2) is 5.06. The summed E-state index contributed by atoms with van der Waals surface area (Å²) in [5.74, 6) is 0. The molecule has 1 aromatic heterocycles. The Morgan fingerprint density at radius 3 is 2.28 bits per heavy atom. The molecule has 0 spiro atoms. The van der Waals surface area contributed by atoms with Gasteiger partial charge in [-0.15, -0.1) is 0 Å². The first kappa shape index (κ1) is 13.0. The van der Waals surface area contributed by atoms with Crippen LogP contribution in [0.4, 0.5) is 0 Å². The first-order valence-corrected chi connectivity index (χ1v) is 6.03. The molecule has 2 aromatic rings. The molecule has 1 heterocycles. The lowest BCUT2D eigenvalue weighted by Gasteiger charge is -2.30. The van der Waals surface area contributed by atoms with Crippen LogP contribution >= 0.6 is 11.6 Å². The zero-order chi connectivity index (χ0) is 13.2. The van der Waals surface area contributed by atoms with E-state index in [1.165, 1.54) is 0 Å². The zero-order valence-corrected chi connectivity index (χ0v) is 10.8. The molecule has 0 aliphatic carbocycles. The third-order valence-electron chi connectivity index (χ3n) is 3.10. The van der Waals surface area contributed by atoms with E-state index in [1.54, 1.807) is 43.6 Å². The Morgan fingerprint density at radius 1 is 1.17 bits per heavy atom. The fourth-order valence-electron chi connectivity index (χ4n) is 1.86. The Labute approximate surface area is 111 Å². The monoisotopic (exact) mass is 262 g/mol. The molecular formula is C14H15ClN2O. The van der Waals surface area contributed by atoms with Crippen LogP contribution in [-0.2, 0) is 5.60 Å². The lowest BCUT2D eigenvalue weighted by molar-refractivity contribution is 0.0282. The summed E-state index contributed by atoms with van der Waals surface area (Å²) in [6.07, 6.45) is 3.27. The molecule has 4 heteroatoms. The first-order chi connectivity index (χ1) is 8.51. The average molecular weight is 263 g/mol. The van der Waals surface area contributed by atoms with Gasteiger partial charge in [0.2, 0.25) is 0 Å². The number of nitrogens with two attached hydrogens (primary N) is 1. The summed E-state index contributed by atoms with van der Waals surface area (Å²) in [5, 5.41) is 11.2. The second-order valence-electron chi connectivity index (χ2n) is 4.41. The van der Waals surface area contributed by atoms with Crippen molar-refractivity contribution in [3.63, 3.8) is 0 Å². The maximum atomic E-state index is 10.6. The van der Waals surface area contributed by atoms with Crippen LogP contribution in [0.15, 0.2) is 48.8 Å². The van der Waals surface area contributed by atoms with Gasteiger partial charge >= 0.3 is 0 Å². The van der Waals surface area contributed by atoms with E-state index in [2.05, 4.69) is 4.98 Å². The summed E-state index contributed by atoms with van der Waals surface area (Å²) < 4.78 is 0. The SMILES string of the molecule is CC(O)(c1ccncc1)C(N)c1ccc(Cl)cc1. The van der Waals surface area contributed by atoms with Crippen LogP contribution in [0, 0.1) is 0 Å². The van der Waals surface area contributed by atoms with E-state index >= 15 is 0 Å². The lowest BCUT2D eigenvalue weighted by atomic mass is 9.85. The number of rotatable bonds is 3. The van der Waals surface area contributed by atoms with Gasteiger partial charge in [0.1, 0.15) is 5.60 Å². The molecule has 0 saturated heterocycles. The van der Waals surface area contributed by atoms with Gasteiger partial charge in [0.05, 0.1) is 6.04 Å². The third kappa shape index (κ3) is 2.53. The van der Waals surface area contributed by atoms with Crippen molar-refractivity contribution in [3.05, 3.63) is 64.9 Å². The van der Waals surface area contributed by atoms with Gasteiger partial charge in [0.15, 0.2) is 0 Å². The molecule has 0 saturated carbocycles. The number of nitrogens with zero attached hydrogens (tertiary/aromatic N) is 1. The van der Waals surface area contributed by atoms with Crippen LogP contribution in [0.25, 0.3) is 0 Å². The topological polar surface area (TPSA) is 59.1 Å². The van der Waals surface area contributed by atoms with Crippen LogP contribution in [0.2, 0.25) is 5.02 Å². The van der Waals surface area contributed by atoms with Crippen LogP contribution in [0.3, 0.4) is 0 Å². The van der Waals surface area contributed by atoms with E-state index < -0.39 is 11.6 Å². The maximum Gasteiger partial charge on any atom is 0.106 e. The highest BCUT2D eigenvalue weighted by atomic mass is 35.5. The number of pyridine rings is 1. The standard InChI is InChI=1S/C14H15ClN2O/c1-14(18,11-6-8-17-9-7-11)13(16)10-2-4-12(15)5-3-10/h2-9,13,18H,16H2,1H3. The minimum Gasteiger partial charge on any atom is -0.383 e. The van der Waals surface area contributed by atoms with Crippen molar-refractivity contribution in [3.8, 4) is 0 Å². The quantitative estimate of drug-likeness (QED) is 0.894. The number of hydrogen-bond acceptors (Lipinski definition) is 3. The van der Waals surface area contributed by atoms with E-state index in [9.17, 15) is 5.11 Å². The van der Waals surface area contributed by atoms with E-state index in [1.807, 2.05) is 12.1 Å². The van der Waals surface area contributed by atoms with Gasteiger partial charge in [-0.05, 0) is 42.3 Å². The molecule has 0 aliphatic heterocycles. The van der Waals surface area contributed by atoms with Gasteiger partial charge in [-0.1, -0.05) is 23.7 Å². The molecule has 2 rings (SSSR count). The minimum atomic E-state index is -1.16. The van der Waals surface area contributed by atoms with Gasteiger partial charge in [-0.2, -0.15) is 0 Å². The van der Waals surface area contributed by atoms with Gasteiger partial charge < -0.3 is 10.8 Å². The summed E-state index contributed by atoms with van der Waals surface area (Å²) in [6.45, 7) is 1.70. The smallest absolute Gasteiger partial charge is 0.106 e. The number of hydrogen-bond donors (Lipinski definition) is 2. The van der Waals surface area contributed by atoms with Crippen molar-refractivity contribution in [2.75, 3.05) is 0 Å². The molecule has 18 heavy (non-hydrogen) atoms. The van der Waals surface area contributed by atoms with Crippen LogP contribution < -0.4 is 5.73 Å². The average Bonchev–Trinajstić information content (AvgIpc) is 2.40. The minimum absolute atomic E-state index is 0.530. The number of aliphatic hydroxyl groups is 1. The number of halogens is 1. The summed E-state index contributed by atoms with van der Waals surface area (Å²) in [4.78, 5) is 3.93. The van der Waals surface area contributed by atoms with Crippen molar-refractivity contribution in [1.82, 2.24) is 4.98 Å². The molecule has 3 nitrogen and oxygen atoms in total. The normalized spacial score (nSPS) is 16.0. The van der Waals surface area contributed by atoms with Crippen molar-refractivity contribution >= 4 is 11.6 Å². The fraction of sp³-hybridized carbons (Fsp3) is 0.214. The highest BCUT2D eigenvalue weighted by Gasteiger charge is 2.32. The maximum absolute atomic E-state index is 10.6. The molecule has 2 unspecified atom stereocenters. The highest BCUT2D eigenvalue weighted by Crippen LogP contribution is 2.32. The van der Waals surface area contributed by atoms with Crippen LogP contribution in [0.5, 0.6) is 0 Å². The molecular weight excluding hydrogens is 248 g/mol. The zero-order valence-electron chi connectivity index (χ0n) is 10.0. The number of aromatic nitrogens is 1. The van der Waals surface area contributed by atoms with Crippen molar-refractivity contribution in [2.45, 2.75) is 18.6 Å². The van der Waals surface area contributed by atoms with Gasteiger partial charge in [-0.3, -0.25) is 4.98 Å². The molecule has 0 fully saturated rings. The van der Waals surface area contributed by atoms with Crippen molar-refractivity contribution < 1.29 is 5.11 Å². The molecule has 0 radical (unpaired) electrons. The predicted octanol–water partition coefficient (Wildman–Crippen LogP) is 2.64. The van der Waals surface area contributed by atoms with E-state index in [0.717, 1.165) is 11.1 Å². The Kier molecular flexibility index (Phi) is 3.66. The Hall–Kier alpha value is -1.42. The molecule has 2 atom stereocenters. The van der Waals surface area contributed by atoms with Gasteiger partial charge in [0, 0.05) is 17.4 Å². The lowest BCUT2D eigenvalue weighted by Crippen LogP contribution is -2.35. The largest absolute Gasteiger partial charge is 0.383 e. The predicted molar refractivity (Wildman–Crippen MR) is 72.2 cm³/mol. The Morgan fingerprint density at radius 2 is 1.72 bits per heavy atom. The third-order valence-corrected chi connectivity index (χ3v) is 3.35. The van der Waals surface area contributed by atoms with Crippen LogP contribution in [0.1, 0.15) is 24.1 Å². The van der Waals surface area contributed by atoms with E-state index in [-0.39, 0.29) is 0 Å². The van der Waals surface area contributed by atoms with E-state index in [0.29, 0.717) is 5.02 Å². The number of benzene rings is 1. The summed E-state index contributed by atoms with van der Waals surface area (Å²) >= 11 is 5.84. The summed E-state index contributed by atoms with van der Waals surface area (Å²) in [5.41, 5.74) is 6.56. The van der Waals surface area contributed by atoms with Crippen LogP contribution in [-0.4, -0.2) is 10.1 Å². The van der Waals surface area contributed by atoms with Gasteiger partial charge in [0.25, 0.3) is 0 Å². The molecule has 3 N–H and O–H groups in total. The summed E-state index contributed by atoms with van der Waals surface area (Å²) in [6, 6.07) is 10.2. The van der Waals surface area contributed by atoms with Crippen molar-refractivity contribution in [1.29, 1.82) is 0 Å². The Balaban J connectivity index is 2.32. The van der Waals surface area contributed by atoms with Crippen molar-refractivity contribution in [2.24, 2.45) is 5.73 Å². The fourth-order valence-corrected chi connectivity index (χ4v) is 1.99. The molecule has 94 valence electrons. The van der Waals surface area contributed by atoms with E-state index in [4.69, 9.17) is 17.3 Å².